The number of ether oxygens (including phenoxy) is 2. The average Bonchev–Trinajstić information content (AvgIpc) is 3.10. The molecule has 0 aliphatic heterocycles. The molecule has 0 aliphatic carbocycles. The van der Waals surface area contributed by atoms with Crippen molar-refractivity contribution in [2.24, 2.45) is 0 Å². The molecule has 2 heterocycles. The number of hydrogen-bond acceptors (Lipinski definition) is 5. The summed E-state index contributed by atoms with van der Waals surface area (Å²) >= 11 is 0. The second-order valence-corrected chi connectivity index (χ2v) is 7.22. The van der Waals surface area contributed by atoms with Crippen molar-refractivity contribution in [3.8, 4) is 22.8 Å². The first-order valence-electron chi connectivity index (χ1n) is 9.98. The Morgan fingerprint density at radius 1 is 0.933 bits per heavy atom. The molecule has 0 amide bonds. The van der Waals surface area contributed by atoms with Crippen molar-refractivity contribution in [1.82, 2.24) is 14.6 Å². The Balaban J connectivity index is 1.68. The minimum atomic E-state index is 0.678. The number of hydrogen-bond donors (Lipinski definition) is 1. The Morgan fingerprint density at radius 3 is 2.43 bits per heavy atom. The van der Waals surface area contributed by atoms with E-state index in [9.17, 15) is 0 Å². The van der Waals surface area contributed by atoms with Gasteiger partial charge in [-0.05, 0) is 44.0 Å². The molecule has 0 radical (unpaired) electrons. The highest BCUT2D eigenvalue weighted by Gasteiger charge is 2.17. The van der Waals surface area contributed by atoms with Crippen LogP contribution in [0.3, 0.4) is 0 Å². The summed E-state index contributed by atoms with van der Waals surface area (Å²) in [6.45, 7) is 4.87. The second-order valence-electron chi connectivity index (χ2n) is 7.22. The van der Waals surface area contributed by atoms with E-state index in [1.165, 1.54) is 5.56 Å². The Morgan fingerprint density at radius 2 is 1.70 bits per heavy atom. The SMILES string of the molecule is COc1ccc(-c2nn3c(NCCc4ccccc4)cc(C)nc3c2C)cc1OC. The zero-order valence-corrected chi connectivity index (χ0v) is 17.8. The van der Waals surface area contributed by atoms with Crippen LogP contribution in [-0.4, -0.2) is 35.4 Å². The first-order valence-corrected chi connectivity index (χ1v) is 9.98. The summed E-state index contributed by atoms with van der Waals surface area (Å²) in [6, 6.07) is 18.3. The highest BCUT2D eigenvalue weighted by molar-refractivity contribution is 5.73. The Labute approximate surface area is 176 Å². The number of nitrogens with one attached hydrogen (secondary N) is 1. The number of aromatic nitrogens is 3. The van der Waals surface area contributed by atoms with Crippen LogP contribution >= 0.6 is 0 Å². The fraction of sp³-hybridized carbons (Fsp3) is 0.250. The third-order valence-electron chi connectivity index (χ3n) is 5.17. The van der Waals surface area contributed by atoms with Gasteiger partial charge < -0.3 is 14.8 Å². The minimum absolute atomic E-state index is 0.678. The second kappa shape index (κ2) is 8.45. The van der Waals surface area contributed by atoms with E-state index in [1.807, 2.05) is 41.8 Å². The van der Waals surface area contributed by atoms with Crippen LogP contribution in [0.4, 0.5) is 5.82 Å². The summed E-state index contributed by atoms with van der Waals surface area (Å²) in [7, 11) is 3.27. The van der Waals surface area contributed by atoms with E-state index in [0.29, 0.717) is 11.5 Å². The predicted octanol–water partition coefficient (Wildman–Crippen LogP) is 4.68. The minimum Gasteiger partial charge on any atom is -0.493 e. The zero-order valence-electron chi connectivity index (χ0n) is 17.8. The maximum atomic E-state index is 5.46. The van der Waals surface area contributed by atoms with Gasteiger partial charge in [0.25, 0.3) is 0 Å². The van der Waals surface area contributed by atoms with Gasteiger partial charge in [-0.3, -0.25) is 0 Å². The van der Waals surface area contributed by atoms with Gasteiger partial charge in [-0.15, -0.1) is 0 Å². The van der Waals surface area contributed by atoms with Gasteiger partial charge in [0.15, 0.2) is 17.1 Å². The molecule has 0 saturated heterocycles. The summed E-state index contributed by atoms with van der Waals surface area (Å²) < 4.78 is 12.7. The van der Waals surface area contributed by atoms with E-state index < -0.39 is 0 Å². The number of rotatable bonds is 7. The summed E-state index contributed by atoms with van der Waals surface area (Å²) in [5, 5.41) is 8.40. The lowest BCUT2D eigenvalue weighted by atomic mass is 10.1. The summed E-state index contributed by atoms with van der Waals surface area (Å²) in [4.78, 5) is 4.73. The van der Waals surface area contributed by atoms with E-state index in [4.69, 9.17) is 19.6 Å². The molecule has 4 rings (SSSR count). The molecule has 154 valence electrons. The van der Waals surface area contributed by atoms with Crippen molar-refractivity contribution in [3.63, 3.8) is 0 Å². The van der Waals surface area contributed by atoms with Crippen molar-refractivity contribution in [1.29, 1.82) is 0 Å². The summed E-state index contributed by atoms with van der Waals surface area (Å²) in [5.41, 5.74) is 5.96. The molecule has 4 aromatic rings. The number of anilines is 1. The van der Waals surface area contributed by atoms with Crippen molar-refractivity contribution in [2.75, 3.05) is 26.1 Å². The monoisotopic (exact) mass is 402 g/mol. The number of aryl methyl sites for hydroxylation is 2. The normalized spacial score (nSPS) is 10.9. The summed E-state index contributed by atoms with van der Waals surface area (Å²) in [6.07, 6.45) is 0.937. The smallest absolute Gasteiger partial charge is 0.161 e. The molecule has 0 unspecified atom stereocenters. The number of nitrogens with zero attached hydrogens (tertiary/aromatic N) is 3. The van der Waals surface area contributed by atoms with Crippen molar-refractivity contribution in [2.45, 2.75) is 20.3 Å². The predicted molar refractivity (Wildman–Crippen MR) is 120 cm³/mol. The van der Waals surface area contributed by atoms with E-state index in [2.05, 4.69) is 36.5 Å². The van der Waals surface area contributed by atoms with Gasteiger partial charge in [0.2, 0.25) is 0 Å². The van der Waals surface area contributed by atoms with Crippen molar-refractivity contribution >= 4 is 11.5 Å². The van der Waals surface area contributed by atoms with Crippen LogP contribution in [-0.2, 0) is 6.42 Å². The van der Waals surface area contributed by atoms with Gasteiger partial charge in [-0.1, -0.05) is 30.3 Å². The van der Waals surface area contributed by atoms with Crippen LogP contribution in [0.2, 0.25) is 0 Å². The molecule has 6 heteroatoms. The van der Waals surface area contributed by atoms with Gasteiger partial charge in [-0.25, -0.2) is 4.98 Å². The Hall–Kier alpha value is -3.54. The average molecular weight is 402 g/mol. The fourth-order valence-electron chi connectivity index (χ4n) is 3.61. The Bertz CT molecular complexity index is 1170. The number of benzene rings is 2. The van der Waals surface area contributed by atoms with Crippen LogP contribution < -0.4 is 14.8 Å². The molecule has 0 bridgehead atoms. The molecule has 1 N–H and O–H groups in total. The maximum Gasteiger partial charge on any atom is 0.161 e. The zero-order chi connectivity index (χ0) is 21.1. The molecule has 0 fully saturated rings. The molecule has 2 aromatic carbocycles. The van der Waals surface area contributed by atoms with Crippen LogP contribution in [0.25, 0.3) is 16.9 Å². The van der Waals surface area contributed by atoms with Crippen LogP contribution in [0.5, 0.6) is 11.5 Å². The Kier molecular flexibility index (Phi) is 5.57. The third kappa shape index (κ3) is 3.81. The molecular formula is C24H26N4O2. The highest BCUT2D eigenvalue weighted by Crippen LogP contribution is 2.34. The summed E-state index contributed by atoms with van der Waals surface area (Å²) in [5.74, 6) is 2.31. The van der Waals surface area contributed by atoms with Crippen LogP contribution in [0, 0.1) is 13.8 Å². The molecule has 0 aliphatic rings. The standard InChI is InChI=1S/C24H26N4O2/c1-16-14-22(25-13-12-18-8-6-5-7-9-18)28-24(26-16)17(2)23(27-28)19-10-11-20(29-3)21(15-19)30-4/h5-11,14-15,25H,12-13H2,1-4H3. The van der Waals surface area contributed by atoms with E-state index in [1.54, 1.807) is 14.2 Å². The fourth-order valence-corrected chi connectivity index (χ4v) is 3.61. The molecule has 0 saturated carbocycles. The van der Waals surface area contributed by atoms with Gasteiger partial charge >= 0.3 is 0 Å². The molecule has 0 atom stereocenters. The quantitative estimate of drug-likeness (QED) is 0.486. The van der Waals surface area contributed by atoms with Crippen molar-refractivity contribution in [3.05, 3.63) is 71.4 Å². The first kappa shape index (κ1) is 19.8. The highest BCUT2D eigenvalue weighted by atomic mass is 16.5. The number of methoxy groups -OCH3 is 2. The van der Waals surface area contributed by atoms with Gasteiger partial charge in [-0.2, -0.15) is 9.61 Å². The number of fused-ring (bicyclic) bond motifs is 1. The van der Waals surface area contributed by atoms with Gasteiger partial charge in [0.1, 0.15) is 5.82 Å². The molecule has 6 nitrogen and oxygen atoms in total. The van der Waals surface area contributed by atoms with Gasteiger partial charge in [0.05, 0.1) is 19.9 Å². The lowest BCUT2D eigenvalue weighted by Crippen LogP contribution is -2.10. The maximum absolute atomic E-state index is 5.46. The lowest BCUT2D eigenvalue weighted by Gasteiger charge is -2.09. The largest absolute Gasteiger partial charge is 0.493 e. The van der Waals surface area contributed by atoms with E-state index in [0.717, 1.165) is 46.9 Å². The lowest BCUT2D eigenvalue weighted by molar-refractivity contribution is 0.355. The van der Waals surface area contributed by atoms with E-state index in [-0.39, 0.29) is 0 Å². The first-order chi connectivity index (χ1) is 14.6. The molecule has 30 heavy (non-hydrogen) atoms. The van der Waals surface area contributed by atoms with Gasteiger partial charge in [0, 0.05) is 29.4 Å². The molecule has 2 aromatic heterocycles. The van der Waals surface area contributed by atoms with Crippen molar-refractivity contribution < 1.29 is 9.47 Å². The third-order valence-corrected chi connectivity index (χ3v) is 5.17. The topological polar surface area (TPSA) is 60.7 Å². The van der Waals surface area contributed by atoms with Crippen LogP contribution in [0.1, 0.15) is 16.8 Å². The molecule has 0 spiro atoms. The van der Waals surface area contributed by atoms with Crippen LogP contribution in [0.15, 0.2) is 54.6 Å². The molecular weight excluding hydrogens is 376 g/mol. The van der Waals surface area contributed by atoms with E-state index >= 15 is 0 Å².